The van der Waals surface area contributed by atoms with Gasteiger partial charge in [-0.15, -0.1) is 0 Å². The lowest BCUT2D eigenvalue weighted by Crippen LogP contribution is -2.42. The predicted octanol–water partition coefficient (Wildman–Crippen LogP) is 3.69. The van der Waals surface area contributed by atoms with Gasteiger partial charge in [-0.3, -0.25) is 9.69 Å². The minimum absolute atomic E-state index is 0.281. The topological polar surface area (TPSA) is 20.3 Å². The minimum atomic E-state index is 0.281. The zero-order chi connectivity index (χ0) is 13.8. The van der Waals surface area contributed by atoms with Crippen LogP contribution >= 0.6 is 0 Å². The Hall–Kier alpha value is -1.15. The number of carbonyl (C=O) groups is 1. The fraction of sp³-hybridized carbons (Fsp3) is 0.588. The number of Topliss-reactive ketones (excluding diaryl/α,β-unsaturated/α-hetero) is 1. The number of hydrogen-bond acceptors (Lipinski definition) is 2. The number of piperidine rings is 1. The Bertz CT molecular complexity index is 441. The third-order valence-corrected chi connectivity index (χ3v) is 4.32. The molecular formula is C17H25NO. The van der Waals surface area contributed by atoms with Crippen molar-refractivity contribution < 1.29 is 4.79 Å². The first-order valence-electron chi connectivity index (χ1n) is 7.41. The van der Waals surface area contributed by atoms with Crippen LogP contribution in [0.1, 0.15) is 49.0 Å². The Morgan fingerprint density at radius 2 is 2.00 bits per heavy atom. The van der Waals surface area contributed by atoms with Gasteiger partial charge in [0.25, 0.3) is 0 Å². The van der Waals surface area contributed by atoms with E-state index in [1.165, 1.54) is 12.8 Å². The first-order valence-corrected chi connectivity index (χ1v) is 7.41. The molecule has 0 amide bonds. The number of carbonyl (C=O) groups excluding carboxylic acids is 1. The smallest absolute Gasteiger partial charge is 0.164 e. The Labute approximate surface area is 116 Å². The highest BCUT2D eigenvalue weighted by Gasteiger charge is 2.23. The van der Waals surface area contributed by atoms with Crippen LogP contribution in [0.4, 0.5) is 0 Å². The molecule has 2 atom stereocenters. The summed E-state index contributed by atoms with van der Waals surface area (Å²) in [6, 6.07) is 8.52. The summed E-state index contributed by atoms with van der Waals surface area (Å²) in [6.07, 6.45) is 3.23. The van der Waals surface area contributed by atoms with Crippen LogP contribution in [-0.4, -0.2) is 29.8 Å². The third-order valence-electron chi connectivity index (χ3n) is 4.32. The standard InChI is InChI=1S/C17H25NO/c1-13-8-9-15(3)18(12-13)11-10-17(19)16-7-5-4-6-14(16)2/h4-7,13,15H,8-12H2,1-3H3. The summed E-state index contributed by atoms with van der Waals surface area (Å²) in [6.45, 7) is 8.64. The van der Waals surface area contributed by atoms with Crippen LogP contribution in [0, 0.1) is 12.8 Å². The summed E-state index contributed by atoms with van der Waals surface area (Å²) in [4.78, 5) is 14.7. The van der Waals surface area contributed by atoms with Crippen molar-refractivity contribution in [2.45, 2.75) is 46.1 Å². The maximum Gasteiger partial charge on any atom is 0.164 e. The van der Waals surface area contributed by atoms with Gasteiger partial charge in [-0.2, -0.15) is 0 Å². The van der Waals surface area contributed by atoms with Crippen molar-refractivity contribution in [1.29, 1.82) is 0 Å². The van der Waals surface area contributed by atoms with Crippen molar-refractivity contribution in [2.75, 3.05) is 13.1 Å². The fourth-order valence-electron chi connectivity index (χ4n) is 2.96. The van der Waals surface area contributed by atoms with Crippen LogP contribution in [0.3, 0.4) is 0 Å². The molecule has 0 aliphatic carbocycles. The van der Waals surface area contributed by atoms with E-state index < -0.39 is 0 Å². The second-order valence-corrected chi connectivity index (χ2v) is 6.01. The first-order chi connectivity index (χ1) is 9.08. The highest BCUT2D eigenvalue weighted by atomic mass is 16.1. The molecule has 1 aliphatic heterocycles. The van der Waals surface area contributed by atoms with Crippen molar-refractivity contribution in [2.24, 2.45) is 5.92 Å². The number of likely N-dealkylation sites (tertiary alicyclic amines) is 1. The van der Waals surface area contributed by atoms with E-state index in [1.54, 1.807) is 0 Å². The predicted molar refractivity (Wildman–Crippen MR) is 79.6 cm³/mol. The summed E-state index contributed by atoms with van der Waals surface area (Å²) in [5.74, 6) is 1.05. The lowest BCUT2D eigenvalue weighted by atomic mass is 9.94. The quantitative estimate of drug-likeness (QED) is 0.769. The van der Waals surface area contributed by atoms with Crippen LogP contribution in [0.25, 0.3) is 0 Å². The fourth-order valence-corrected chi connectivity index (χ4v) is 2.96. The van der Waals surface area contributed by atoms with E-state index in [1.807, 2.05) is 31.2 Å². The number of ketones is 1. The van der Waals surface area contributed by atoms with Crippen LogP contribution in [0.15, 0.2) is 24.3 Å². The Balaban J connectivity index is 1.91. The lowest BCUT2D eigenvalue weighted by molar-refractivity contribution is 0.0899. The van der Waals surface area contributed by atoms with E-state index in [0.29, 0.717) is 12.5 Å². The van der Waals surface area contributed by atoms with E-state index in [0.717, 1.165) is 30.1 Å². The molecule has 0 N–H and O–H groups in total. The van der Waals surface area contributed by atoms with Gasteiger partial charge in [-0.25, -0.2) is 0 Å². The molecule has 1 aromatic rings. The van der Waals surface area contributed by atoms with Crippen molar-refractivity contribution in [1.82, 2.24) is 4.90 Å². The van der Waals surface area contributed by atoms with Crippen LogP contribution in [0.2, 0.25) is 0 Å². The molecule has 0 saturated carbocycles. The number of hydrogen-bond donors (Lipinski definition) is 0. The zero-order valence-electron chi connectivity index (χ0n) is 12.4. The normalized spacial score (nSPS) is 24.4. The van der Waals surface area contributed by atoms with Gasteiger partial charge < -0.3 is 0 Å². The van der Waals surface area contributed by atoms with Crippen molar-refractivity contribution in [3.63, 3.8) is 0 Å². The van der Waals surface area contributed by atoms with Crippen LogP contribution in [0.5, 0.6) is 0 Å². The maximum atomic E-state index is 12.3. The summed E-state index contributed by atoms with van der Waals surface area (Å²) in [5.41, 5.74) is 1.98. The Morgan fingerprint density at radius 3 is 2.74 bits per heavy atom. The molecule has 1 aliphatic rings. The zero-order valence-corrected chi connectivity index (χ0v) is 12.4. The number of rotatable bonds is 4. The molecule has 2 unspecified atom stereocenters. The molecule has 104 valence electrons. The molecule has 19 heavy (non-hydrogen) atoms. The Kier molecular flexibility index (Phi) is 4.76. The molecule has 0 spiro atoms. The van der Waals surface area contributed by atoms with Crippen molar-refractivity contribution in [3.05, 3.63) is 35.4 Å². The summed E-state index contributed by atoms with van der Waals surface area (Å²) >= 11 is 0. The molecule has 2 heteroatoms. The molecule has 2 nitrogen and oxygen atoms in total. The average Bonchev–Trinajstić information content (AvgIpc) is 2.40. The van der Waals surface area contributed by atoms with E-state index in [9.17, 15) is 4.79 Å². The summed E-state index contributed by atoms with van der Waals surface area (Å²) in [7, 11) is 0. The van der Waals surface area contributed by atoms with Crippen molar-refractivity contribution >= 4 is 5.78 Å². The molecule has 1 fully saturated rings. The van der Waals surface area contributed by atoms with Gasteiger partial charge in [-0.05, 0) is 38.2 Å². The van der Waals surface area contributed by atoms with Gasteiger partial charge >= 0.3 is 0 Å². The number of aryl methyl sites for hydroxylation is 1. The van der Waals surface area contributed by atoms with E-state index >= 15 is 0 Å². The number of benzene rings is 1. The molecule has 1 aromatic carbocycles. The molecule has 0 radical (unpaired) electrons. The highest BCUT2D eigenvalue weighted by Crippen LogP contribution is 2.21. The van der Waals surface area contributed by atoms with Gasteiger partial charge in [0.1, 0.15) is 0 Å². The van der Waals surface area contributed by atoms with Gasteiger partial charge in [0.05, 0.1) is 0 Å². The van der Waals surface area contributed by atoms with Crippen LogP contribution < -0.4 is 0 Å². The van der Waals surface area contributed by atoms with Gasteiger partial charge in [0.15, 0.2) is 5.78 Å². The second kappa shape index (κ2) is 6.33. The molecule has 0 bridgehead atoms. The largest absolute Gasteiger partial charge is 0.300 e. The molecule has 1 heterocycles. The average molecular weight is 259 g/mol. The molecule has 1 saturated heterocycles. The maximum absolute atomic E-state index is 12.3. The summed E-state index contributed by atoms with van der Waals surface area (Å²) < 4.78 is 0. The Morgan fingerprint density at radius 1 is 1.26 bits per heavy atom. The number of nitrogens with zero attached hydrogens (tertiary/aromatic N) is 1. The molecule has 0 aromatic heterocycles. The third kappa shape index (κ3) is 3.66. The van der Waals surface area contributed by atoms with E-state index in [4.69, 9.17) is 0 Å². The van der Waals surface area contributed by atoms with E-state index in [2.05, 4.69) is 18.7 Å². The summed E-state index contributed by atoms with van der Waals surface area (Å²) in [5, 5.41) is 0. The SMILES string of the molecule is Cc1ccccc1C(=O)CCN1CC(C)CCC1C. The van der Waals surface area contributed by atoms with Gasteiger partial charge in [0, 0.05) is 31.1 Å². The second-order valence-electron chi connectivity index (χ2n) is 6.01. The minimum Gasteiger partial charge on any atom is -0.300 e. The highest BCUT2D eigenvalue weighted by molar-refractivity contribution is 5.97. The molecule has 2 rings (SSSR count). The monoisotopic (exact) mass is 259 g/mol. The van der Waals surface area contributed by atoms with Gasteiger partial charge in [0.2, 0.25) is 0 Å². The molecular weight excluding hydrogens is 234 g/mol. The van der Waals surface area contributed by atoms with E-state index in [-0.39, 0.29) is 5.78 Å². The van der Waals surface area contributed by atoms with Crippen molar-refractivity contribution in [3.8, 4) is 0 Å². The van der Waals surface area contributed by atoms with Crippen LogP contribution in [-0.2, 0) is 0 Å². The van der Waals surface area contributed by atoms with Gasteiger partial charge in [-0.1, -0.05) is 31.2 Å². The first kappa shape index (κ1) is 14.3. The lowest BCUT2D eigenvalue weighted by Gasteiger charge is -2.36.